The van der Waals surface area contributed by atoms with Crippen molar-refractivity contribution in [3.63, 3.8) is 0 Å². The van der Waals surface area contributed by atoms with Crippen molar-refractivity contribution in [1.82, 2.24) is 0 Å². The molecule has 0 aromatic heterocycles. The average Bonchev–Trinajstić information content (AvgIpc) is 3.43. The van der Waals surface area contributed by atoms with Crippen molar-refractivity contribution in [1.29, 1.82) is 0 Å². The fraction of sp³-hybridized carbons (Fsp3) is 0.761. The lowest BCUT2D eigenvalue weighted by atomic mass is 10.0. The molecule has 0 rings (SSSR count). The molecule has 0 N–H and O–H groups in total. The maximum atomic E-state index is 12.9. The third-order valence-corrected chi connectivity index (χ3v) is 14.4. The van der Waals surface area contributed by atoms with Crippen LogP contribution in [0.5, 0.6) is 0 Å². The van der Waals surface area contributed by atoms with Crippen molar-refractivity contribution in [2.45, 2.75) is 335 Å². The highest BCUT2D eigenvalue weighted by Gasteiger charge is 2.19. The van der Waals surface area contributed by atoms with Crippen molar-refractivity contribution in [3.05, 3.63) is 85.1 Å². The van der Waals surface area contributed by atoms with E-state index in [1.54, 1.807) is 0 Å². The van der Waals surface area contributed by atoms with Crippen LogP contribution in [0.2, 0.25) is 0 Å². The van der Waals surface area contributed by atoms with Crippen LogP contribution in [0.1, 0.15) is 329 Å². The van der Waals surface area contributed by atoms with Crippen LogP contribution in [0.25, 0.3) is 0 Å². The molecule has 0 heterocycles. The van der Waals surface area contributed by atoms with E-state index in [4.69, 9.17) is 14.2 Å². The summed E-state index contributed by atoms with van der Waals surface area (Å²) < 4.78 is 16.9. The molecule has 444 valence electrons. The summed E-state index contributed by atoms with van der Waals surface area (Å²) in [6.07, 6.45) is 85.8. The van der Waals surface area contributed by atoms with Crippen LogP contribution in [-0.2, 0) is 28.6 Å². The largest absolute Gasteiger partial charge is 0.462 e. The fourth-order valence-electron chi connectivity index (χ4n) is 9.44. The van der Waals surface area contributed by atoms with Gasteiger partial charge in [0.2, 0.25) is 0 Å². The Morgan fingerprint density at radius 3 is 0.805 bits per heavy atom. The van der Waals surface area contributed by atoms with Crippen LogP contribution in [0, 0.1) is 0 Å². The predicted molar refractivity (Wildman–Crippen MR) is 334 cm³/mol. The molecule has 77 heavy (non-hydrogen) atoms. The van der Waals surface area contributed by atoms with Crippen LogP contribution in [0.3, 0.4) is 0 Å². The summed E-state index contributed by atoms with van der Waals surface area (Å²) in [6.45, 7) is 6.55. The van der Waals surface area contributed by atoms with E-state index in [1.165, 1.54) is 180 Å². The Labute approximate surface area is 477 Å². The van der Waals surface area contributed by atoms with Gasteiger partial charge in [-0.1, -0.05) is 298 Å². The number of carbonyl (C=O) groups is 3. The molecule has 0 aromatic rings. The lowest BCUT2D eigenvalue weighted by Crippen LogP contribution is -2.30. The van der Waals surface area contributed by atoms with Gasteiger partial charge in [-0.3, -0.25) is 14.4 Å². The molecule has 0 aliphatic heterocycles. The molecule has 0 amide bonds. The molecule has 0 saturated carbocycles. The second-order valence-corrected chi connectivity index (χ2v) is 22.0. The minimum Gasteiger partial charge on any atom is -0.462 e. The number of esters is 3. The molecule has 0 aliphatic carbocycles. The number of ether oxygens (including phenoxy) is 3. The standard InChI is InChI=1S/C71H124O6/c1-4-7-10-13-16-19-22-25-28-31-34-35-36-37-38-41-43-46-49-52-55-58-61-64-70(73)76-67-68(77-71(74)65-62-59-56-53-50-47-44-40-33-30-27-24-21-18-15-12-9-6-3)66-75-69(72)63-60-57-54-51-48-45-42-39-32-29-26-23-20-17-14-11-8-5-2/h7,10,16,19,25,28,30,33-35,37-38,43,46,68H,4-6,8-9,11-15,17-18,20-24,26-27,29,31-32,36,39-42,44-45,47-67H2,1-3H3/b10-7-,19-16-,28-25-,33-30-,35-34-,38-37-,46-43-. The lowest BCUT2D eigenvalue weighted by Gasteiger charge is -2.18. The summed E-state index contributed by atoms with van der Waals surface area (Å²) >= 11 is 0. The third-order valence-electron chi connectivity index (χ3n) is 14.4. The topological polar surface area (TPSA) is 78.9 Å². The Balaban J connectivity index is 4.42. The van der Waals surface area contributed by atoms with E-state index >= 15 is 0 Å². The zero-order chi connectivity index (χ0) is 55.7. The first-order valence-electron chi connectivity index (χ1n) is 33.1. The van der Waals surface area contributed by atoms with Crippen LogP contribution in [0.4, 0.5) is 0 Å². The van der Waals surface area contributed by atoms with Gasteiger partial charge in [-0.2, -0.15) is 0 Å². The maximum absolute atomic E-state index is 12.9. The average molecular weight is 1070 g/mol. The Morgan fingerprint density at radius 2 is 0.506 bits per heavy atom. The Kier molecular flexibility index (Phi) is 62.2. The van der Waals surface area contributed by atoms with Crippen LogP contribution < -0.4 is 0 Å². The van der Waals surface area contributed by atoms with Gasteiger partial charge < -0.3 is 14.2 Å². The molecular formula is C71H124O6. The van der Waals surface area contributed by atoms with Crippen molar-refractivity contribution in [2.24, 2.45) is 0 Å². The number of allylic oxidation sites excluding steroid dienone is 14. The Morgan fingerprint density at radius 1 is 0.273 bits per heavy atom. The van der Waals surface area contributed by atoms with Gasteiger partial charge in [0.15, 0.2) is 6.10 Å². The molecule has 6 heteroatoms. The van der Waals surface area contributed by atoms with Crippen molar-refractivity contribution in [2.75, 3.05) is 13.2 Å². The van der Waals surface area contributed by atoms with Gasteiger partial charge in [0.1, 0.15) is 13.2 Å². The molecule has 0 saturated heterocycles. The van der Waals surface area contributed by atoms with Crippen LogP contribution in [0.15, 0.2) is 85.1 Å². The molecule has 1 unspecified atom stereocenters. The third kappa shape index (κ3) is 63.3. The first kappa shape index (κ1) is 73.6. The van der Waals surface area contributed by atoms with Gasteiger partial charge in [-0.25, -0.2) is 0 Å². The van der Waals surface area contributed by atoms with E-state index in [9.17, 15) is 14.4 Å². The van der Waals surface area contributed by atoms with E-state index in [0.717, 1.165) is 109 Å². The molecule has 0 bridgehead atoms. The second-order valence-electron chi connectivity index (χ2n) is 22.0. The molecule has 0 spiro atoms. The zero-order valence-electron chi connectivity index (χ0n) is 51.0. The first-order chi connectivity index (χ1) is 38.0. The Hall–Kier alpha value is -3.41. The van der Waals surface area contributed by atoms with E-state index < -0.39 is 6.10 Å². The summed E-state index contributed by atoms with van der Waals surface area (Å²) in [5.41, 5.74) is 0. The van der Waals surface area contributed by atoms with Crippen LogP contribution >= 0.6 is 0 Å². The van der Waals surface area contributed by atoms with E-state index in [-0.39, 0.29) is 31.1 Å². The molecule has 0 fully saturated rings. The molecular weight excluding hydrogens is 949 g/mol. The second kappa shape index (κ2) is 65.1. The monoisotopic (exact) mass is 1070 g/mol. The summed E-state index contributed by atoms with van der Waals surface area (Å²) in [7, 11) is 0. The number of hydrogen-bond donors (Lipinski definition) is 0. The fourth-order valence-corrected chi connectivity index (χ4v) is 9.44. The molecule has 6 nitrogen and oxygen atoms in total. The number of carbonyl (C=O) groups excluding carboxylic acids is 3. The molecule has 0 radical (unpaired) electrons. The quantitative estimate of drug-likeness (QED) is 0.0261. The number of hydrogen-bond acceptors (Lipinski definition) is 6. The smallest absolute Gasteiger partial charge is 0.306 e. The van der Waals surface area contributed by atoms with Crippen molar-refractivity contribution >= 4 is 17.9 Å². The molecule has 1 atom stereocenters. The van der Waals surface area contributed by atoms with Gasteiger partial charge in [-0.05, 0) is 96.3 Å². The van der Waals surface area contributed by atoms with E-state index in [1.807, 2.05) is 0 Å². The summed E-state index contributed by atoms with van der Waals surface area (Å²) in [6, 6.07) is 0. The van der Waals surface area contributed by atoms with E-state index in [2.05, 4.69) is 106 Å². The van der Waals surface area contributed by atoms with Gasteiger partial charge >= 0.3 is 17.9 Å². The van der Waals surface area contributed by atoms with E-state index in [0.29, 0.717) is 19.3 Å². The highest BCUT2D eigenvalue weighted by molar-refractivity contribution is 5.71. The number of unbranched alkanes of at least 4 members (excludes halogenated alkanes) is 35. The summed E-state index contributed by atoms with van der Waals surface area (Å²) in [5, 5.41) is 0. The molecule has 0 aromatic carbocycles. The lowest BCUT2D eigenvalue weighted by molar-refractivity contribution is -0.167. The summed E-state index contributed by atoms with van der Waals surface area (Å²) in [5.74, 6) is -0.897. The normalized spacial score (nSPS) is 12.6. The Bertz CT molecular complexity index is 1470. The summed E-state index contributed by atoms with van der Waals surface area (Å²) in [4.78, 5) is 38.4. The minimum absolute atomic E-state index is 0.0835. The number of rotatable bonds is 60. The van der Waals surface area contributed by atoms with Gasteiger partial charge in [0, 0.05) is 19.3 Å². The van der Waals surface area contributed by atoms with Gasteiger partial charge in [0.05, 0.1) is 0 Å². The highest BCUT2D eigenvalue weighted by Crippen LogP contribution is 2.17. The van der Waals surface area contributed by atoms with Gasteiger partial charge in [-0.15, -0.1) is 0 Å². The SMILES string of the molecule is CC/C=C\C/C=C\C/C=C\C/C=C\C/C=C\C/C=C\CCCCCCC(=O)OCC(COC(=O)CCCCCCCCCCCCCCCCCCCC)OC(=O)CCCCCCCCC/C=C\CCCCCCCCC. The van der Waals surface area contributed by atoms with Crippen molar-refractivity contribution < 1.29 is 28.6 Å². The van der Waals surface area contributed by atoms with Gasteiger partial charge in [0.25, 0.3) is 0 Å². The first-order valence-corrected chi connectivity index (χ1v) is 33.1. The zero-order valence-corrected chi connectivity index (χ0v) is 51.0. The van der Waals surface area contributed by atoms with Crippen molar-refractivity contribution in [3.8, 4) is 0 Å². The maximum Gasteiger partial charge on any atom is 0.306 e. The highest BCUT2D eigenvalue weighted by atomic mass is 16.6. The molecule has 0 aliphatic rings. The van der Waals surface area contributed by atoms with Crippen LogP contribution in [-0.4, -0.2) is 37.2 Å². The minimum atomic E-state index is -0.790. The predicted octanol–water partition coefficient (Wildman–Crippen LogP) is 22.7.